The first kappa shape index (κ1) is 10.7. The zero-order chi connectivity index (χ0) is 11.4. The number of halogens is 1. The monoisotopic (exact) mass is 220 g/mol. The Balaban J connectivity index is 1.92. The molecular formula is C12H13FN2O. The highest BCUT2D eigenvalue weighted by Gasteiger charge is 2.04. The van der Waals surface area contributed by atoms with Crippen LogP contribution in [0.2, 0.25) is 0 Å². The Labute approximate surface area is 93.5 Å². The molecule has 1 heterocycles. The van der Waals surface area contributed by atoms with Gasteiger partial charge in [-0.1, -0.05) is 12.1 Å². The Hall–Kier alpha value is -1.84. The van der Waals surface area contributed by atoms with E-state index in [-0.39, 0.29) is 5.82 Å². The molecule has 0 radical (unpaired) electrons. The number of nitrogens with zero attached hydrogens (tertiary/aromatic N) is 2. The molecule has 1 aromatic heterocycles. The number of ether oxygens (including phenoxy) is 1. The number of rotatable bonds is 4. The van der Waals surface area contributed by atoms with Gasteiger partial charge in [0.05, 0.1) is 12.9 Å². The van der Waals surface area contributed by atoms with Crippen LogP contribution < -0.4 is 4.74 Å². The van der Waals surface area contributed by atoms with Crippen molar-refractivity contribution in [3.63, 3.8) is 0 Å². The van der Waals surface area contributed by atoms with Gasteiger partial charge in [0, 0.05) is 12.4 Å². The molecule has 0 unspecified atom stereocenters. The number of benzene rings is 1. The Morgan fingerprint density at radius 3 is 3.06 bits per heavy atom. The van der Waals surface area contributed by atoms with Crippen LogP contribution in [-0.2, 0) is 6.54 Å². The molecule has 0 aliphatic carbocycles. The summed E-state index contributed by atoms with van der Waals surface area (Å²) in [6.07, 6.45) is 5.25. The molecule has 2 rings (SSSR count). The highest BCUT2D eigenvalue weighted by Crippen LogP contribution is 2.19. The van der Waals surface area contributed by atoms with E-state index in [0.29, 0.717) is 24.5 Å². The van der Waals surface area contributed by atoms with E-state index in [0.717, 1.165) is 0 Å². The molecule has 0 amide bonds. The maximum absolute atomic E-state index is 13.5. The van der Waals surface area contributed by atoms with Crippen LogP contribution in [0.4, 0.5) is 4.39 Å². The number of imidazole rings is 1. The number of hydrogen-bond donors (Lipinski definition) is 0. The van der Waals surface area contributed by atoms with Crippen LogP contribution in [0.5, 0.6) is 5.75 Å². The molecule has 1 aromatic carbocycles. The average Bonchev–Trinajstić information content (AvgIpc) is 2.77. The third-order valence-electron chi connectivity index (χ3n) is 2.32. The molecule has 84 valence electrons. The fourth-order valence-corrected chi connectivity index (χ4v) is 1.41. The quantitative estimate of drug-likeness (QED) is 0.791. The topological polar surface area (TPSA) is 27.1 Å². The van der Waals surface area contributed by atoms with Gasteiger partial charge in [0.1, 0.15) is 6.61 Å². The SMILES string of the molecule is Cc1cccc(OCCn2ccnc2)c1F. The van der Waals surface area contributed by atoms with Crippen molar-refractivity contribution in [2.45, 2.75) is 13.5 Å². The number of aromatic nitrogens is 2. The van der Waals surface area contributed by atoms with Gasteiger partial charge < -0.3 is 9.30 Å². The van der Waals surface area contributed by atoms with Crippen molar-refractivity contribution in [3.05, 3.63) is 48.3 Å². The molecule has 0 saturated heterocycles. The second-order valence-corrected chi connectivity index (χ2v) is 3.54. The summed E-state index contributed by atoms with van der Waals surface area (Å²) in [7, 11) is 0. The fraction of sp³-hybridized carbons (Fsp3) is 0.250. The summed E-state index contributed by atoms with van der Waals surface area (Å²) in [6.45, 7) is 2.81. The molecule has 0 bridgehead atoms. The molecule has 0 aliphatic heterocycles. The van der Waals surface area contributed by atoms with Gasteiger partial charge in [-0.3, -0.25) is 0 Å². The van der Waals surface area contributed by atoms with Crippen LogP contribution in [0.15, 0.2) is 36.9 Å². The lowest BCUT2D eigenvalue weighted by atomic mass is 10.2. The highest BCUT2D eigenvalue weighted by molar-refractivity contribution is 5.29. The summed E-state index contributed by atoms with van der Waals surface area (Å²) in [6, 6.07) is 5.14. The van der Waals surface area contributed by atoms with Gasteiger partial charge >= 0.3 is 0 Å². The predicted molar refractivity (Wildman–Crippen MR) is 58.9 cm³/mol. The van der Waals surface area contributed by atoms with Crippen LogP contribution in [0, 0.1) is 12.7 Å². The van der Waals surface area contributed by atoms with Crippen LogP contribution in [0.25, 0.3) is 0 Å². The van der Waals surface area contributed by atoms with E-state index in [9.17, 15) is 4.39 Å². The second-order valence-electron chi connectivity index (χ2n) is 3.54. The zero-order valence-electron chi connectivity index (χ0n) is 9.06. The van der Waals surface area contributed by atoms with Crippen molar-refractivity contribution in [1.29, 1.82) is 0 Å². The third-order valence-corrected chi connectivity index (χ3v) is 2.32. The van der Waals surface area contributed by atoms with Gasteiger partial charge in [-0.15, -0.1) is 0 Å². The Bertz CT molecular complexity index is 454. The Kier molecular flexibility index (Phi) is 3.19. The highest BCUT2D eigenvalue weighted by atomic mass is 19.1. The lowest BCUT2D eigenvalue weighted by Crippen LogP contribution is -2.07. The first-order valence-corrected chi connectivity index (χ1v) is 5.11. The van der Waals surface area contributed by atoms with Crippen molar-refractivity contribution < 1.29 is 9.13 Å². The van der Waals surface area contributed by atoms with Gasteiger partial charge in [-0.25, -0.2) is 9.37 Å². The summed E-state index contributed by atoms with van der Waals surface area (Å²) in [5, 5.41) is 0. The lowest BCUT2D eigenvalue weighted by molar-refractivity contribution is 0.284. The minimum Gasteiger partial charge on any atom is -0.489 e. The zero-order valence-corrected chi connectivity index (χ0v) is 9.06. The predicted octanol–water partition coefficient (Wildman–Crippen LogP) is 2.41. The second kappa shape index (κ2) is 4.79. The van der Waals surface area contributed by atoms with E-state index >= 15 is 0 Å². The minimum absolute atomic E-state index is 0.284. The molecule has 0 N–H and O–H groups in total. The molecule has 2 aromatic rings. The van der Waals surface area contributed by atoms with E-state index in [2.05, 4.69) is 4.98 Å². The summed E-state index contributed by atoms with van der Waals surface area (Å²) in [5.74, 6) is 0.0215. The summed E-state index contributed by atoms with van der Waals surface area (Å²) in [5.41, 5.74) is 0.597. The molecule has 3 nitrogen and oxygen atoms in total. The molecule has 0 spiro atoms. The summed E-state index contributed by atoms with van der Waals surface area (Å²) in [4.78, 5) is 3.91. The Morgan fingerprint density at radius 1 is 1.44 bits per heavy atom. The van der Waals surface area contributed by atoms with Crippen molar-refractivity contribution >= 4 is 0 Å². The maximum atomic E-state index is 13.5. The smallest absolute Gasteiger partial charge is 0.167 e. The first-order chi connectivity index (χ1) is 7.77. The summed E-state index contributed by atoms with van der Waals surface area (Å²) >= 11 is 0. The van der Waals surface area contributed by atoms with Crippen molar-refractivity contribution in [3.8, 4) is 5.75 Å². The molecule has 16 heavy (non-hydrogen) atoms. The van der Waals surface area contributed by atoms with E-state index in [1.54, 1.807) is 37.6 Å². The summed E-state index contributed by atoms with van der Waals surface area (Å²) < 4.78 is 20.8. The molecule has 4 heteroatoms. The standard InChI is InChI=1S/C12H13FN2O/c1-10-3-2-4-11(12(10)13)16-8-7-15-6-5-14-9-15/h2-6,9H,7-8H2,1H3. The maximum Gasteiger partial charge on any atom is 0.167 e. The molecule has 0 fully saturated rings. The van der Waals surface area contributed by atoms with Crippen LogP contribution in [0.1, 0.15) is 5.56 Å². The van der Waals surface area contributed by atoms with Crippen molar-refractivity contribution in [2.75, 3.05) is 6.61 Å². The van der Waals surface area contributed by atoms with Crippen LogP contribution >= 0.6 is 0 Å². The van der Waals surface area contributed by atoms with Gasteiger partial charge in [-0.2, -0.15) is 0 Å². The van der Waals surface area contributed by atoms with Gasteiger partial charge in [0.2, 0.25) is 0 Å². The minimum atomic E-state index is -0.284. The largest absolute Gasteiger partial charge is 0.489 e. The average molecular weight is 220 g/mol. The van der Waals surface area contributed by atoms with E-state index in [4.69, 9.17) is 4.74 Å². The van der Waals surface area contributed by atoms with Crippen molar-refractivity contribution in [1.82, 2.24) is 9.55 Å². The van der Waals surface area contributed by atoms with Gasteiger partial charge in [0.25, 0.3) is 0 Å². The normalized spacial score (nSPS) is 10.4. The Morgan fingerprint density at radius 2 is 2.31 bits per heavy atom. The van der Waals surface area contributed by atoms with Crippen LogP contribution in [0.3, 0.4) is 0 Å². The van der Waals surface area contributed by atoms with Gasteiger partial charge in [0.15, 0.2) is 11.6 Å². The number of aryl methyl sites for hydroxylation is 1. The molecule has 0 saturated carbocycles. The fourth-order valence-electron chi connectivity index (χ4n) is 1.41. The molecule has 0 aliphatic rings. The van der Waals surface area contributed by atoms with E-state index in [1.807, 2.05) is 10.8 Å². The molecule has 0 atom stereocenters. The number of hydrogen-bond acceptors (Lipinski definition) is 2. The first-order valence-electron chi connectivity index (χ1n) is 5.11. The van der Waals surface area contributed by atoms with Crippen molar-refractivity contribution in [2.24, 2.45) is 0 Å². The van der Waals surface area contributed by atoms with Gasteiger partial charge in [-0.05, 0) is 18.6 Å². The lowest BCUT2D eigenvalue weighted by Gasteiger charge is -2.08. The van der Waals surface area contributed by atoms with E-state index in [1.165, 1.54) is 0 Å². The van der Waals surface area contributed by atoms with Crippen LogP contribution in [-0.4, -0.2) is 16.2 Å². The third kappa shape index (κ3) is 2.39. The molecular weight excluding hydrogens is 207 g/mol. The van der Waals surface area contributed by atoms with E-state index < -0.39 is 0 Å².